The largest absolute Gasteiger partial charge is 0.520 e. The van der Waals surface area contributed by atoms with Crippen LogP contribution in [0.1, 0.15) is 101 Å². The normalized spacial score (nSPS) is 18.8. The molecule has 60 heavy (non-hydrogen) atoms. The van der Waals surface area contributed by atoms with Crippen molar-refractivity contribution in [2.75, 3.05) is 39.5 Å². The third-order valence-electron chi connectivity index (χ3n) is 8.64. The van der Waals surface area contributed by atoms with Crippen LogP contribution in [0.2, 0.25) is 0 Å². The second-order valence-corrected chi connectivity index (χ2v) is 11.5. The third kappa shape index (κ3) is 12.3. The van der Waals surface area contributed by atoms with Crippen LogP contribution in [0, 0.1) is 19.6 Å². The van der Waals surface area contributed by atoms with E-state index in [-0.39, 0.29) is 154 Å². The van der Waals surface area contributed by atoms with Crippen LogP contribution in [-0.2, 0) is 108 Å². The predicted molar refractivity (Wildman–Crippen MR) is 208 cm³/mol. The summed E-state index contributed by atoms with van der Waals surface area (Å²) in [5, 5.41) is 40.2. The molecule has 9 heterocycles. The van der Waals surface area contributed by atoms with Crippen LogP contribution in [0.15, 0.2) is 33.0 Å². The van der Waals surface area contributed by atoms with E-state index in [0.717, 1.165) is 31.4 Å². The Labute approximate surface area is 425 Å². The quantitative estimate of drug-likeness (QED) is 0.271. The van der Waals surface area contributed by atoms with Gasteiger partial charge in [-0.2, -0.15) is 0 Å². The molecule has 3 N–H and O–H groups in total. The van der Waals surface area contributed by atoms with Crippen LogP contribution in [0.3, 0.4) is 0 Å². The van der Waals surface area contributed by atoms with Crippen molar-refractivity contribution in [3.63, 3.8) is 0 Å². The van der Waals surface area contributed by atoms with E-state index in [1.165, 1.54) is 18.9 Å². The molecule has 325 valence electrons. The van der Waals surface area contributed by atoms with E-state index in [9.17, 15) is 44.1 Å². The number of rotatable bonds is 0. The van der Waals surface area contributed by atoms with Crippen molar-refractivity contribution in [3.8, 4) is 17.2 Å². The van der Waals surface area contributed by atoms with Gasteiger partial charge in [-0.25, -0.2) is 15.3 Å². The maximum Gasteiger partial charge on any atom is 0.223 e. The third-order valence-corrected chi connectivity index (χ3v) is 8.64. The Kier molecular flexibility index (Phi) is 27.1. The van der Waals surface area contributed by atoms with Gasteiger partial charge in [-0.15, -0.1) is 13.1 Å². The summed E-state index contributed by atoms with van der Waals surface area (Å²) in [6.07, 6.45) is 4.35. The Morgan fingerprint density at radius 3 is 1.42 bits per heavy atom. The fourth-order valence-electron chi connectivity index (χ4n) is 6.20. The van der Waals surface area contributed by atoms with Gasteiger partial charge < -0.3 is 53.5 Å². The van der Waals surface area contributed by atoms with Crippen LogP contribution in [0.25, 0.3) is 0 Å². The molecule has 3 aromatic rings. The monoisotopic (exact) mass is 1070 g/mol. The standard InChI is InChI=1S/C10H10N3O4.C10H10N3O3.C9H8N3O4.3C2H6.2CH4.3Y/c14-7-3-11-13-4-6-5-17-2-1-12(6)10(16)8(13)9(7)15;14-7-4-11-13-5-6-2-1-3-12(6)10(16)8(13)9(7)15;13-5-3-10-12-4-6-11(1-2-16-6)9(15)7(12)8(5)14;3*1-2;;;;;/h3-4,6,15H,1-2,5H2;4-6,15H,1-3H2;3-4,6,14H,1-2H2;3*1-2H3;2*1H4;;;/q3*-1;;;;;;;;. The molecule has 3 amide bonds. The number of aromatic nitrogens is 6. The number of nitrogens with zero attached hydrogens (tertiary/aromatic N) is 9. The SMILES string of the molecule is C.C.CC.CC.CC.O=C1c2c(O)c(=O)cnn2[CH-]C2CCCN12.O=C1c2c(O)c(=O)cnn2[CH-]C2COCCN12.O=C1c2c(O)c(=O)cnn2[CH-]C2OCCN12.[Y].[Y].[Y]. The molecule has 0 bridgehead atoms. The molecule has 0 aliphatic carbocycles. The van der Waals surface area contributed by atoms with E-state index in [1.807, 2.05) is 41.5 Å². The maximum absolute atomic E-state index is 12.1. The van der Waals surface area contributed by atoms with Crippen LogP contribution >= 0.6 is 0 Å². The molecule has 0 aromatic carbocycles. The summed E-state index contributed by atoms with van der Waals surface area (Å²) in [7, 11) is 0. The Balaban J connectivity index is 0. The number of aromatic hydroxyl groups is 3. The zero-order valence-corrected chi connectivity index (χ0v) is 41.7. The van der Waals surface area contributed by atoms with Gasteiger partial charge in [0.1, 0.15) is 23.5 Å². The van der Waals surface area contributed by atoms with Gasteiger partial charge in [0, 0.05) is 147 Å². The molecule has 3 saturated heterocycles. The Bertz CT molecular complexity index is 1970. The van der Waals surface area contributed by atoms with Gasteiger partial charge in [-0.1, -0.05) is 62.9 Å². The molecule has 3 aromatic heterocycles. The molecule has 3 unspecified atom stereocenters. The minimum atomic E-state index is -0.661. The molecule has 9 rings (SSSR count). The molecule has 3 fully saturated rings. The van der Waals surface area contributed by atoms with E-state index >= 15 is 0 Å². The van der Waals surface area contributed by atoms with E-state index in [2.05, 4.69) is 15.3 Å². The van der Waals surface area contributed by atoms with Gasteiger partial charge >= 0.3 is 0 Å². The summed E-state index contributed by atoms with van der Waals surface area (Å²) in [6.45, 7) is 19.8. The van der Waals surface area contributed by atoms with Crippen LogP contribution in [0.4, 0.5) is 0 Å². The van der Waals surface area contributed by atoms with Gasteiger partial charge in [-0.05, 0) is 12.8 Å². The molecule has 0 saturated carbocycles. The predicted octanol–water partition coefficient (Wildman–Crippen LogP) is 1.50. The Morgan fingerprint density at radius 2 is 0.950 bits per heavy atom. The van der Waals surface area contributed by atoms with Crippen molar-refractivity contribution in [1.29, 1.82) is 0 Å². The number of ether oxygens (including phenoxy) is 2. The zero-order chi connectivity index (χ0) is 40.6. The van der Waals surface area contributed by atoms with Crippen LogP contribution in [-0.4, -0.2) is 135 Å². The topological polar surface area (TPSA) is 245 Å². The van der Waals surface area contributed by atoms with Crippen molar-refractivity contribution >= 4 is 17.7 Å². The van der Waals surface area contributed by atoms with Crippen molar-refractivity contribution in [3.05, 3.63) is 86.0 Å². The summed E-state index contributed by atoms with van der Waals surface area (Å²) in [6, 6.07) is -0.160. The van der Waals surface area contributed by atoms with E-state index in [1.54, 1.807) is 29.4 Å². The summed E-state index contributed by atoms with van der Waals surface area (Å²) in [5.74, 6) is -2.77. The van der Waals surface area contributed by atoms with Crippen molar-refractivity contribution in [1.82, 2.24) is 44.0 Å². The van der Waals surface area contributed by atoms with Crippen molar-refractivity contribution < 1.29 is 137 Å². The van der Waals surface area contributed by atoms with E-state index < -0.39 is 45.7 Å². The number of carbonyl (C=O) groups is 3. The van der Waals surface area contributed by atoms with Crippen molar-refractivity contribution in [2.24, 2.45) is 0 Å². The molecule has 6 aliphatic rings. The average molecular weight is 1070 g/mol. The molecule has 20 nitrogen and oxygen atoms in total. The summed E-state index contributed by atoms with van der Waals surface area (Å²) < 4.78 is 14.3. The second kappa shape index (κ2) is 27.4. The van der Waals surface area contributed by atoms with Gasteiger partial charge in [-0.3, -0.25) is 28.8 Å². The number of morpholine rings is 1. The van der Waals surface area contributed by atoms with E-state index in [4.69, 9.17) is 9.47 Å². The summed E-state index contributed by atoms with van der Waals surface area (Å²) in [5.41, 5.74) is -2.13. The maximum atomic E-state index is 12.1. The van der Waals surface area contributed by atoms with Gasteiger partial charge in [0.15, 0.2) is 17.7 Å². The smallest absolute Gasteiger partial charge is 0.223 e. The first kappa shape index (κ1) is 59.4. The Morgan fingerprint density at radius 1 is 0.567 bits per heavy atom. The van der Waals surface area contributed by atoms with Gasteiger partial charge in [0.25, 0.3) is 0 Å². The number of hydrogen-bond donors (Lipinski definition) is 3. The fraction of sp³-hybridized carbons (Fsp3) is 0.514. The number of hydrogen-bond acceptors (Lipinski definition) is 14. The first-order valence-corrected chi connectivity index (χ1v) is 18.1. The molecule has 0 spiro atoms. The molecule has 3 atom stereocenters. The number of carbonyl (C=O) groups excluding carboxylic acids is 3. The zero-order valence-electron chi connectivity index (χ0n) is 33.2. The summed E-state index contributed by atoms with van der Waals surface area (Å²) in [4.78, 5) is 74.4. The first-order chi connectivity index (χ1) is 26.5. The first-order valence-electron chi connectivity index (χ1n) is 18.1. The van der Waals surface area contributed by atoms with Crippen molar-refractivity contribution in [2.45, 2.75) is 87.5 Å². The van der Waals surface area contributed by atoms with Gasteiger partial charge in [0.05, 0.1) is 38.4 Å². The number of fused-ring (bicyclic) bond motifs is 6. The fourth-order valence-corrected chi connectivity index (χ4v) is 6.20. The second-order valence-electron chi connectivity index (χ2n) is 11.5. The van der Waals surface area contributed by atoms with E-state index in [0.29, 0.717) is 39.5 Å². The minimum Gasteiger partial charge on any atom is -0.520 e. The molecule has 6 aliphatic heterocycles. The molecular weight excluding hydrogens is 1010 g/mol. The average Bonchev–Trinajstić information content (AvgIpc) is 3.90. The van der Waals surface area contributed by atoms with Crippen LogP contribution < -0.4 is 16.3 Å². The summed E-state index contributed by atoms with van der Waals surface area (Å²) >= 11 is 0. The molecule has 3 radical (unpaired) electrons. The molecular formula is C37H54N9O11Y3-3. The minimum absolute atomic E-state index is 0. The molecule has 23 heteroatoms. The number of amides is 3. The Hall–Kier alpha value is -2.71. The van der Waals surface area contributed by atoms with Gasteiger partial charge in [0.2, 0.25) is 16.3 Å². The van der Waals surface area contributed by atoms with Crippen LogP contribution in [0.5, 0.6) is 17.2 Å².